The molecular weight excluding hydrogens is 522 g/mol. The van der Waals surface area contributed by atoms with E-state index in [1.165, 1.54) is 28.0 Å². The van der Waals surface area contributed by atoms with E-state index in [4.69, 9.17) is 27.9 Å². The van der Waals surface area contributed by atoms with Crippen molar-refractivity contribution >= 4 is 46.4 Å². The van der Waals surface area contributed by atoms with Crippen molar-refractivity contribution in [2.75, 3.05) is 32.8 Å². The summed E-state index contributed by atoms with van der Waals surface area (Å²) >= 11 is 14.4. The highest BCUT2D eigenvalue weighted by Gasteiger charge is 2.35. The number of benzene rings is 2. The second kappa shape index (κ2) is 12.2. The molecule has 0 saturated heterocycles. The average molecular weight is 549 g/mol. The zero-order chi connectivity index (χ0) is 25.7. The minimum absolute atomic E-state index is 0.136. The van der Waals surface area contributed by atoms with Gasteiger partial charge in [0.2, 0.25) is 5.91 Å². The normalized spacial score (nSPS) is 15.0. The summed E-state index contributed by atoms with van der Waals surface area (Å²) in [4.78, 5) is 31.5. The number of halogens is 3. The molecule has 3 aromatic rings. The van der Waals surface area contributed by atoms with Crippen LogP contribution in [0.25, 0.3) is 0 Å². The molecule has 0 fully saturated rings. The zero-order valence-corrected chi connectivity index (χ0v) is 22.2. The Kier molecular flexibility index (Phi) is 9.01. The van der Waals surface area contributed by atoms with Gasteiger partial charge in [0.05, 0.1) is 6.04 Å². The fourth-order valence-corrected chi connectivity index (χ4v) is 5.87. The van der Waals surface area contributed by atoms with E-state index in [1.807, 2.05) is 24.4 Å². The Morgan fingerprint density at radius 2 is 2.00 bits per heavy atom. The molecule has 0 bridgehead atoms. The smallest absolute Gasteiger partial charge is 0.254 e. The third-order valence-corrected chi connectivity index (χ3v) is 7.71. The van der Waals surface area contributed by atoms with Gasteiger partial charge in [0.15, 0.2) is 0 Å². The van der Waals surface area contributed by atoms with Gasteiger partial charge in [-0.1, -0.05) is 35.3 Å². The maximum atomic E-state index is 13.8. The van der Waals surface area contributed by atoms with Crippen molar-refractivity contribution in [2.24, 2.45) is 0 Å². The van der Waals surface area contributed by atoms with E-state index in [0.29, 0.717) is 42.8 Å². The fourth-order valence-electron chi connectivity index (χ4n) is 4.46. The highest BCUT2D eigenvalue weighted by atomic mass is 35.5. The molecule has 9 heteroatoms. The van der Waals surface area contributed by atoms with Crippen molar-refractivity contribution < 1.29 is 18.7 Å². The van der Waals surface area contributed by atoms with E-state index >= 15 is 0 Å². The molecule has 2 aromatic carbocycles. The summed E-state index contributed by atoms with van der Waals surface area (Å²) in [5, 5.41) is 3.01. The number of amides is 2. The number of ether oxygens (including phenoxy) is 1. The summed E-state index contributed by atoms with van der Waals surface area (Å²) in [6.45, 7) is 3.60. The minimum Gasteiger partial charge on any atom is -0.382 e. The summed E-state index contributed by atoms with van der Waals surface area (Å²) in [5.74, 6) is -1.10. The Hall–Kier alpha value is -2.45. The lowest BCUT2D eigenvalue weighted by Crippen LogP contribution is -2.47. The summed E-state index contributed by atoms with van der Waals surface area (Å²) in [5.41, 5.74) is 2.02. The molecule has 190 valence electrons. The van der Waals surface area contributed by atoms with Crippen molar-refractivity contribution in [3.63, 3.8) is 0 Å². The van der Waals surface area contributed by atoms with Gasteiger partial charge in [-0.3, -0.25) is 9.59 Å². The van der Waals surface area contributed by atoms with Crippen LogP contribution in [-0.2, 0) is 16.0 Å². The lowest BCUT2D eigenvalue weighted by atomic mass is 9.93. The molecule has 0 saturated carbocycles. The molecule has 1 unspecified atom stereocenters. The monoisotopic (exact) mass is 548 g/mol. The summed E-state index contributed by atoms with van der Waals surface area (Å²) in [6, 6.07) is 12.4. The molecule has 1 atom stereocenters. The number of thiophene rings is 1. The number of rotatable bonds is 9. The number of nitrogens with zero attached hydrogens (tertiary/aromatic N) is 2. The quantitative estimate of drug-likeness (QED) is 0.297. The lowest BCUT2D eigenvalue weighted by molar-refractivity contribution is -0.134. The SMILES string of the molecule is CCOCCCN(CC(=O)N1CCc2sccc2C1c1ccc(Cl)cc1Cl)C(=O)c1cccc(F)c1. The Bertz CT molecular complexity index is 1240. The van der Waals surface area contributed by atoms with Crippen LogP contribution in [0.4, 0.5) is 4.39 Å². The van der Waals surface area contributed by atoms with Crippen molar-refractivity contribution in [3.8, 4) is 0 Å². The molecular formula is C27H27Cl2FN2O3S. The highest BCUT2D eigenvalue weighted by Crippen LogP contribution is 2.41. The van der Waals surface area contributed by atoms with Crippen molar-refractivity contribution in [3.05, 3.63) is 91.3 Å². The van der Waals surface area contributed by atoms with Crippen LogP contribution >= 0.6 is 34.5 Å². The van der Waals surface area contributed by atoms with E-state index in [9.17, 15) is 14.0 Å². The Labute approximate surface area is 224 Å². The van der Waals surface area contributed by atoms with E-state index < -0.39 is 11.7 Å². The molecule has 1 aliphatic heterocycles. The minimum atomic E-state index is -0.500. The summed E-state index contributed by atoms with van der Waals surface area (Å²) < 4.78 is 19.2. The molecule has 1 aliphatic rings. The first kappa shape index (κ1) is 26.6. The van der Waals surface area contributed by atoms with Crippen LogP contribution in [0.15, 0.2) is 53.9 Å². The standard InChI is InChI=1S/C27H27Cl2FN2O3S/c1-2-35-13-4-11-31(27(34)18-5-3-6-20(30)15-18)17-25(33)32-12-9-24-22(10-14-36-24)26(32)21-8-7-19(28)16-23(21)29/h3,5-8,10,14-16,26H,2,4,9,11-13,17H2,1H3. The molecule has 0 aliphatic carbocycles. The fraction of sp³-hybridized carbons (Fsp3) is 0.333. The van der Waals surface area contributed by atoms with Gasteiger partial charge in [0, 0.05) is 46.8 Å². The van der Waals surface area contributed by atoms with E-state index in [1.54, 1.807) is 34.4 Å². The van der Waals surface area contributed by atoms with Gasteiger partial charge < -0.3 is 14.5 Å². The van der Waals surface area contributed by atoms with Crippen LogP contribution in [-0.4, -0.2) is 54.5 Å². The topological polar surface area (TPSA) is 49.9 Å². The van der Waals surface area contributed by atoms with Gasteiger partial charge >= 0.3 is 0 Å². The number of hydrogen-bond acceptors (Lipinski definition) is 4. The van der Waals surface area contributed by atoms with E-state index in [-0.39, 0.29) is 24.1 Å². The summed E-state index contributed by atoms with van der Waals surface area (Å²) in [7, 11) is 0. The van der Waals surface area contributed by atoms with Crippen LogP contribution in [0, 0.1) is 5.82 Å². The molecule has 36 heavy (non-hydrogen) atoms. The third-order valence-electron chi connectivity index (χ3n) is 6.15. The largest absolute Gasteiger partial charge is 0.382 e. The van der Waals surface area contributed by atoms with Crippen LogP contribution in [0.3, 0.4) is 0 Å². The molecule has 4 rings (SSSR count). The first-order valence-corrected chi connectivity index (χ1v) is 13.5. The first-order valence-electron chi connectivity index (χ1n) is 11.8. The Balaban J connectivity index is 1.61. The van der Waals surface area contributed by atoms with E-state index in [0.717, 1.165) is 17.5 Å². The van der Waals surface area contributed by atoms with Gasteiger partial charge in [-0.05, 0) is 72.7 Å². The number of hydrogen-bond donors (Lipinski definition) is 0. The third kappa shape index (κ3) is 6.09. The van der Waals surface area contributed by atoms with Crippen LogP contribution < -0.4 is 0 Å². The van der Waals surface area contributed by atoms with Crippen molar-refractivity contribution in [1.82, 2.24) is 9.80 Å². The Morgan fingerprint density at radius 1 is 1.17 bits per heavy atom. The van der Waals surface area contributed by atoms with Crippen LogP contribution in [0.5, 0.6) is 0 Å². The van der Waals surface area contributed by atoms with Gasteiger partial charge in [0.25, 0.3) is 5.91 Å². The maximum absolute atomic E-state index is 13.8. The second-order valence-corrected chi connectivity index (χ2v) is 10.3. The van der Waals surface area contributed by atoms with Gasteiger partial charge in [-0.15, -0.1) is 11.3 Å². The maximum Gasteiger partial charge on any atom is 0.254 e. The van der Waals surface area contributed by atoms with Gasteiger partial charge in [-0.25, -0.2) is 4.39 Å². The molecule has 1 aromatic heterocycles. The predicted octanol–water partition coefficient (Wildman–Crippen LogP) is 6.24. The molecule has 5 nitrogen and oxygen atoms in total. The molecule has 0 radical (unpaired) electrons. The second-order valence-electron chi connectivity index (χ2n) is 8.49. The molecule has 0 N–H and O–H groups in total. The number of fused-ring (bicyclic) bond motifs is 1. The summed E-state index contributed by atoms with van der Waals surface area (Å²) in [6.07, 6.45) is 1.28. The Morgan fingerprint density at radius 3 is 2.75 bits per heavy atom. The average Bonchev–Trinajstić information content (AvgIpc) is 3.34. The van der Waals surface area contributed by atoms with Crippen molar-refractivity contribution in [2.45, 2.75) is 25.8 Å². The molecule has 2 amide bonds. The van der Waals surface area contributed by atoms with E-state index in [2.05, 4.69) is 0 Å². The molecule has 2 heterocycles. The lowest BCUT2D eigenvalue weighted by Gasteiger charge is -2.38. The van der Waals surface area contributed by atoms with Gasteiger partial charge in [0.1, 0.15) is 12.4 Å². The first-order chi connectivity index (χ1) is 17.4. The van der Waals surface area contributed by atoms with Crippen molar-refractivity contribution in [1.29, 1.82) is 0 Å². The zero-order valence-electron chi connectivity index (χ0n) is 19.9. The van der Waals surface area contributed by atoms with Crippen LogP contribution in [0.1, 0.15) is 45.7 Å². The number of carbonyl (C=O) groups excluding carboxylic acids is 2. The predicted molar refractivity (Wildman–Crippen MR) is 141 cm³/mol. The molecule has 0 spiro atoms. The highest BCUT2D eigenvalue weighted by molar-refractivity contribution is 7.10. The van der Waals surface area contributed by atoms with Crippen LogP contribution in [0.2, 0.25) is 10.0 Å². The number of carbonyl (C=O) groups is 2. The van der Waals surface area contributed by atoms with Gasteiger partial charge in [-0.2, -0.15) is 0 Å².